The third kappa shape index (κ3) is 2.73. The summed E-state index contributed by atoms with van der Waals surface area (Å²) in [5, 5.41) is 3.98. The molecule has 2 unspecified atom stereocenters. The zero-order chi connectivity index (χ0) is 12.4. The number of fused-ring (bicyclic) bond motifs is 1. The van der Waals surface area contributed by atoms with E-state index in [9.17, 15) is 0 Å². The van der Waals surface area contributed by atoms with Gasteiger partial charge in [-0.05, 0) is 61.3 Å². The quantitative estimate of drug-likeness (QED) is 0.818. The number of aryl methyl sites for hydroxylation is 2. The van der Waals surface area contributed by atoms with Gasteiger partial charge in [0.1, 0.15) is 0 Å². The third-order valence-corrected chi connectivity index (χ3v) is 5.04. The molecule has 2 atom stereocenters. The Hall–Kier alpha value is -0.530. The van der Waals surface area contributed by atoms with E-state index in [4.69, 9.17) is 11.6 Å². The minimum Gasteiger partial charge on any atom is -0.312 e. The summed E-state index contributed by atoms with van der Waals surface area (Å²) in [7, 11) is 0. The monoisotopic (exact) mass is 263 g/mol. The second kappa shape index (κ2) is 5.63. The van der Waals surface area contributed by atoms with Crippen LogP contribution in [0.4, 0.5) is 0 Å². The van der Waals surface area contributed by atoms with Crippen LogP contribution < -0.4 is 5.32 Å². The van der Waals surface area contributed by atoms with Crippen LogP contribution in [0.5, 0.6) is 0 Å². The summed E-state index contributed by atoms with van der Waals surface area (Å²) < 4.78 is 0. The van der Waals surface area contributed by atoms with Crippen LogP contribution in [0, 0.1) is 5.92 Å². The maximum absolute atomic E-state index is 6.30. The van der Waals surface area contributed by atoms with E-state index in [-0.39, 0.29) is 0 Å². The summed E-state index contributed by atoms with van der Waals surface area (Å²) in [5.74, 6) is 0.682. The van der Waals surface area contributed by atoms with Crippen LogP contribution >= 0.6 is 11.6 Å². The lowest BCUT2D eigenvalue weighted by Gasteiger charge is -2.14. The zero-order valence-electron chi connectivity index (χ0n) is 10.9. The Morgan fingerprint density at radius 3 is 2.83 bits per heavy atom. The van der Waals surface area contributed by atoms with Crippen LogP contribution in [0.25, 0.3) is 0 Å². The number of halogens is 1. The molecule has 0 saturated heterocycles. The fourth-order valence-corrected chi connectivity index (χ4v) is 3.73. The van der Waals surface area contributed by atoms with E-state index in [0.717, 1.165) is 13.1 Å². The molecule has 0 radical (unpaired) electrons. The maximum Gasteiger partial charge on any atom is 0.0376 e. The maximum atomic E-state index is 6.30. The first-order chi connectivity index (χ1) is 8.83. The Morgan fingerprint density at radius 1 is 1.11 bits per heavy atom. The van der Waals surface area contributed by atoms with Crippen molar-refractivity contribution in [3.63, 3.8) is 0 Å². The lowest BCUT2D eigenvalue weighted by Crippen LogP contribution is -2.25. The van der Waals surface area contributed by atoms with Gasteiger partial charge in [0, 0.05) is 11.9 Å². The standard InChI is InChI=1S/C16H22ClN/c17-16-6-2-5-15(16)11-18-10-12-7-8-13-3-1-4-14(13)9-12/h7-9,15-16,18H,1-6,10-11H2. The Balaban J connectivity index is 1.51. The summed E-state index contributed by atoms with van der Waals surface area (Å²) in [4.78, 5) is 0. The molecule has 1 N–H and O–H groups in total. The lowest BCUT2D eigenvalue weighted by molar-refractivity contribution is 0.494. The highest BCUT2D eigenvalue weighted by Gasteiger charge is 2.24. The third-order valence-electron chi connectivity index (χ3n) is 4.46. The molecule has 1 aromatic rings. The van der Waals surface area contributed by atoms with Gasteiger partial charge in [-0.15, -0.1) is 11.6 Å². The van der Waals surface area contributed by atoms with Gasteiger partial charge < -0.3 is 5.32 Å². The van der Waals surface area contributed by atoms with Crippen molar-refractivity contribution in [1.82, 2.24) is 5.32 Å². The number of alkyl halides is 1. The van der Waals surface area contributed by atoms with Gasteiger partial charge in [0.05, 0.1) is 0 Å². The van der Waals surface area contributed by atoms with Crippen molar-refractivity contribution in [3.05, 3.63) is 34.9 Å². The zero-order valence-corrected chi connectivity index (χ0v) is 11.7. The molecular formula is C16H22ClN. The number of rotatable bonds is 4. The molecule has 1 nitrogen and oxygen atoms in total. The van der Waals surface area contributed by atoms with Crippen molar-refractivity contribution in [2.45, 2.75) is 50.4 Å². The second-order valence-corrected chi connectivity index (χ2v) is 6.36. The van der Waals surface area contributed by atoms with E-state index >= 15 is 0 Å². The predicted molar refractivity (Wildman–Crippen MR) is 77.2 cm³/mol. The highest BCUT2D eigenvalue weighted by Crippen LogP contribution is 2.29. The summed E-state index contributed by atoms with van der Waals surface area (Å²) >= 11 is 6.30. The van der Waals surface area contributed by atoms with E-state index in [1.807, 2.05) is 0 Å². The first-order valence-corrected chi connectivity index (χ1v) is 7.72. The number of hydrogen-bond donors (Lipinski definition) is 1. The number of nitrogens with one attached hydrogen (secondary N) is 1. The molecule has 3 rings (SSSR count). The molecule has 0 amide bonds. The molecule has 1 aromatic carbocycles. The molecule has 1 saturated carbocycles. The second-order valence-electron chi connectivity index (χ2n) is 5.79. The molecule has 2 aliphatic carbocycles. The molecule has 2 aliphatic rings. The van der Waals surface area contributed by atoms with E-state index in [1.165, 1.54) is 44.1 Å². The highest BCUT2D eigenvalue weighted by atomic mass is 35.5. The van der Waals surface area contributed by atoms with Gasteiger partial charge in [0.25, 0.3) is 0 Å². The van der Waals surface area contributed by atoms with Crippen LogP contribution in [-0.4, -0.2) is 11.9 Å². The number of benzene rings is 1. The van der Waals surface area contributed by atoms with Crippen molar-refractivity contribution >= 4 is 11.6 Å². The normalized spacial score (nSPS) is 26.5. The largest absolute Gasteiger partial charge is 0.312 e. The van der Waals surface area contributed by atoms with Crippen LogP contribution in [0.15, 0.2) is 18.2 Å². The van der Waals surface area contributed by atoms with E-state index in [0.29, 0.717) is 11.3 Å². The average Bonchev–Trinajstić information content (AvgIpc) is 2.98. The molecule has 98 valence electrons. The van der Waals surface area contributed by atoms with Crippen LogP contribution in [0.3, 0.4) is 0 Å². The molecule has 0 bridgehead atoms. The number of hydrogen-bond acceptors (Lipinski definition) is 1. The Bertz CT molecular complexity index is 416. The van der Waals surface area contributed by atoms with Crippen molar-refractivity contribution < 1.29 is 0 Å². The SMILES string of the molecule is ClC1CCCC1CNCc1ccc2c(c1)CCC2. The van der Waals surface area contributed by atoms with Gasteiger partial charge in [-0.25, -0.2) is 0 Å². The first-order valence-electron chi connectivity index (χ1n) is 7.28. The molecule has 2 heteroatoms. The summed E-state index contributed by atoms with van der Waals surface area (Å²) in [6, 6.07) is 6.99. The van der Waals surface area contributed by atoms with Crippen molar-refractivity contribution in [2.75, 3.05) is 6.54 Å². The molecular weight excluding hydrogens is 242 g/mol. The Labute approximate surface area is 115 Å². The minimum absolute atomic E-state index is 0.400. The molecule has 1 fully saturated rings. The van der Waals surface area contributed by atoms with Crippen LogP contribution in [-0.2, 0) is 19.4 Å². The fraction of sp³-hybridized carbons (Fsp3) is 0.625. The van der Waals surface area contributed by atoms with Crippen molar-refractivity contribution in [3.8, 4) is 0 Å². The average molecular weight is 264 g/mol. The van der Waals surface area contributed by atoms with Gasteiger partial charge in [-0.3, -0.25) is 0 Å². The molecule has 0 aliphatic heterocycles. The fourth-order valence-electron chi connectivity index (χ4n) is 3.36. The Kier molecular flexibility index (Phi) is 3.91. The van der Waals surface area contributed by atoms with Crippen LogP contribution in [0.1, 0.15) is 42.4 Å². The molecule has 0 aromatic heterocycles. The van der Waals surface area contributed by atoms with Gasteiger partial charge >= 0.3 is 0 Å². The molecule has 0 heterocycles. The summed E-state index contributed by atoms with van der Waals surface area (Å²) in [6.07, 6.45) is 7.69. The van der Waals surface area contributed by atoms with Gasteiger partial charge in [0.2, 0.25) is 0 Å². The Morgan fingerprint density at radius 2 is 2.00 bits per heavy atom. The minimum atomic E-state index is 0.400. The highest BCUT2D eigenvalue weighted by molar-refractivity contribution is 6.20. The molecule has 0 spiro atoms. The van der Waals surface area contributed by atoms with Gasteiger partial charge in [-0.1, -0.05) is 24.6 Å². The molecule has 18 heavy (non-hydrogen) atoms. The van der Waals surface area contributed by atoms with E-state index < -0.39 is 0 Å². The smallest absolute Gasteiger partial charge is 0.0376 e. The lowest BCUT2D eigenvalue weighted by atomic mass is 10.1. The van der Waals surface area contributed by atoms with Crippen molar-refractivity contribution in [2.24, 2.45) is 5.92 Å². The van der Waals surface area contributed by atoms with E-state index in [1.54, 1.807) is 11.1 Å². The summed E-state index contributed by atoms with van der Waals surface area (Å²) in [5.41, 5.74) is 4.57. The van der Waals surface area contributed by atoms with Gasteiger partial charge in [0.15, 0.2) is 0 Å². The van der Waals surface area contributed by atoms with Gasteiger partial charge in [-0.2, -0.15) is 0 Å². The topological polar surface area (TPSA) is 12.0 Å². The summed E-state index contributed by atoms with van der Waals surface area (Å²) in [6.45, 7) is 2.07. The van der Waals surface area contributed by atoms with Crippen molar-refractivity contribution in [1.29, 1.82) is 0 Å². The first kappa shape index (κ1) is 12.5. The predicted octanol–water partition coefficient (Wildman–Crippen LogP) is 3.67. The van der Waals surface area contributed by atoms with E-state index in [2.05, 4.69) is 23.5 Å². The van der Waals surface area contributed by atoms with Crippen LogP contribution in [0.2, 0.25) is 0 Å².